The van der Waals surface area contributed by atoms with Crippen molar-refractivity contribution in [3.8, 4) is 23.0 Å². The molecule has 0 aliphatic carbocycles. The summed E-state index contributed by atoms with van der Waals surface area (Å²) < 4.78 is 32.3. The number of fused-ring (bicyclic) bond motifs is 1. The van der Waals surface area contributed by atoms with Gasteiger partial charge in [-0.2, -0.15) is 4.57 Å². The first kappa shape index (κ1) is 23.7. The molecule has 0 aliphatic rings. The van der Waals surface area contributed by atoms with Crippen LogP contribution in [0.15, 0.2) is 72.8 Å². The van der Waals surface area contributed by atoms with E-state index in [1.165, 1.54) is 0 Å². The topological polar surface area (TPSA) is 65.0 Å². The van der Waals surface area contributed by atoms with Crippen LogP contribution in [0.5, 0.6) is 23.0 Å². The molecular formula is C28H29O5P. The van der Waals surface area contributed by atoms with Gasteiger partial charge in [-0.25, -0.2) is 0 Å². The van der Waals surface area contributed by atoms with Gasteiger partial charge in [0.2, 0.25) is 0 Å². The van der Waals surface area contributed by atoms with Crippen LogP contribution in [0.25, 0.3) is 10.8 Å². The predicted octanol–water partition coefficient (Wildman–Crippen LogP) is 7.93. The first-order valence-corrected chi connectivity index (χ1v) is 12.9. The van der Waals surface area contributed by atoms with Crippen LogP contribution < -0.4 is 13.6 Å². The van der Waals surface area contributed by atoms with Gasteiger partial charge in [0.25, 0.3) is 0 Å². The Kier molecular flexibility index (Phi) is 6.85. The lowest BCUT2D eigenvalue weighted by molar-refractivity contribution is 0.297. The van der Waals surface area contributed by atoms with Crippen molar-refractivity contribution in [1.82, 2.24) is 0 Å². The fraction of sp³-hybridized carbons (Fsp3) is 0.214. The number of aryl methyl sites for hydroxylation is 4. The Hall–Kier alpha value is -3.43. The van der Waals surface area contributed by atoms with E-state index in [2.05, 4.69) is 6.92 Å². The number of para-hydroxylation sites is 2. The smallest absolute Gasteiger partial charge is 0.507 e. The van der Waals surface area contributed by atoms with Gasteiger partial charge in [-0.1, -0.05) is 62.4 Å². The number of phosphoric ester groups is 1. The highest BCUT2D eigenvalue weighted by Crippen LogP contribution is 2.53. The van der Waals surface area contributed by atoms with Crippen LogP contribution in [-0.2, 0) is 17.4 Å². The predicted molar refractivity (Wildman–Crippen MR) is 136 cm³/mol. The summed E-state index contributed by atoms with van der Waals surface area (Å²) in [5.74, 6) is 1.36. The van der Waals surface area contributed by atoms with Gasteiger partial charge < -0.3 is 18.7 Å². The lowest BCUT2D eigenvalue weighted by Gasteiger charge is -2.23. The third-order valence-corrected chi connectivity index (χ3v) is 7.05. The molecule has 4 aromatic rings. The molecule has 0 spiro atoms. The molecule has 0 atom stereocenters. The normalized spacial score (nSPS) is 11.4. The number of aromatic hydroxyl groups is 1. The number of rotatable bonds is 8. The number of benzene rings is 4. The third-order valence-electron chi connectivity index (χ3n) is 5.81. The first-order valence-electron chi connectivity index (χ1n) is 11.4. The van der Waals surface area contributed by atoms with E-state index in [0.29, 0.717) is 40.0 Å². The van der Waals surface area contributed by atoms with Gasteiger partial charge in [0.1, 0.15) is 23.0 Å². The lowest BCUT2D eigenvalue weighted by Crippen LogP contribution is -2.10. The Morgan fingerprint density at radius 2 is 1.32 bits per heavy atom. The molecule has 0 aromatic heterocycles. The zero-order valence-corrected chi connectivity index (χ0v) is 20.8. The van der Waals surface area contributed by atoms with E-state index < -0.39 is 7.82 Å². The Balaban J connectivity index is 1.86. The maximum absolute atomic E-state index is 14.2. The van der Waals surface area contributed by atoms with Gasteiger partial charge in [0.05, 0.1) is 0 Å². The minimum absolute atomic E-state index is 0.156. The Labute approximate surface area is 200 Å². The highest BCUT2D eigenvalue weighted by atomic mass is 31.2. The summed E-state index contributed by atoms with van der Waals surface area (Å²) in [5, 5.41) is 12.0. The number of phenols is 1. The summed E-state index contributed by atoms with van der Waals surface area (Å²) >= 11 is 0. The molecule has 0 aliphatic heterocycles. The van der Waals surface area contributed by atoms with Crippen molar-refractivity contribution >= 4 is 18.6 Å². The Morgan fingerprint density at radius 1 is 0.735 bits per heavy atom. The van der Waals surface area contributed by atoms with E-state index in [9.17, 15) is 9.67 Å². The molecule has 0 unspecified atom stereocenters. The molecule has 5 nitrogen and oxygen atoms in total. The highest BCUT2D eigenvalue weighted by Gasteiger charge is 2.36. The van der Waals surface area contributed by atoms with Crippen LogP contribution in [0.1, 0.15) is 36.1 Å². The third kappa shape index (κ3) is 4.90. The molecule has 176 valence electrons. The maximum atomic E-state index is 14.2. The summed E-state index contributed by atoms with van der Waals surface area (Å²) in [4.78, 5) is 0. The molecule has 0 bridgehead atoms. The second kappa shape index (κ2) is 9.82. The van der Waals surface area contributed by atoms with Crippen molar-refractivity contribution in [2.24, 2.45) is 0 Å². The molecular weight excluding hydrogens is 447 g/mol. The highest BCUT2D eigenvalue weighted by molar-refractivity contribution is 7.49. The van der Waals surface area contributed by atoms with Gasteiger partial charge in [0.15, 0.2) is 0 Å². The molecule has 0 saturated carbocycles. The molecule has 4 aromatic carbocycles. The van der Waals surface area contributed by atoms with Crippen molar-refractivity contribution in [2.75, 3.05) is 0 Å². The van der Waals surface area contributed by atoms with Crippen LogP contribution in [0.2, 0.25) is 0 Å². The fourth-order valence-electron chi connectivity index (χ4n) is 3.80. The number of hydrogen-bond donors (Lipinski definition) is 1. The van der Waals surface area contributed by atoms with Gasteiger partial charge in [-0.05, 0) is 73.2 Å². The molecule has 34 heavy (non-hydrogen) atoms. The molecule has 0 heterocycles. The SMILES string of the molecule is CCc1ccc2c(OP(=O)(Oc3ccccc3C)Oc3ccccc3C)c(CC)cc(O)c2c1. The summed E-state index contributed by atoms with van der Waals surface area (Å²) in [6, 6.07) is 22.0. The number of hydrogen-bond acceptors (Lipinski definition) is 5. The summed E-state index contributed by atoms with van der Waals surface area (Å²) in [6.07, 6.45) is 1.38. The van der Waals surface area contributed by atoms with Crippen LogP contribution in [0.3, 0.4) is 0 Å². The second-order valence-electron chi connectivity index (χ2n) is 8.22. The number of phenolic OH excluding ortho intramolecular Hbond substituents is 1. The van der Waals surface area contributed by atoms with Gasteiger partial charge in [-0.3, -0.25) is 0 Å². The Morgan fingerprint density at radius 3 is 1.85 bits per heavy atom. The van der Waals surface area contributed by atoms with Crippen LogP contribution in [0.4, 0.5) is 0 Å². The molecule has 0 fully saturated rings. The number of phosphoric acid groups is 1. The zero-order valence-electron chi connectivity index (χ0n) is 19.9. The van der Waals surface area contributed by atoms with E-state index in [-0.39, 0.29) is 5.75 Å². The van der Waals surface area contributed by atoms with Crippen molar-refractivity contribution in [3.63, 3.8) is 0 Å². The molecule has 6 heteroatoms. The van der Waals surface area contributed by atoms with E-state index >= 15 is 0 Å². The molecule has 0 radical (unpaired) electrons. The molecule has 4 rings (SSSR count). The van der Waals surface area contributed by atoms with Crippen LogP contribution in [0, 0.1) is 13.8 Å². The average molecular weight is 477 g/mol. The second-order valence-corrected chi connectivity index (χ2v) is 9.67. The van der Waals surface area contributed by atoms with E-state index in [4.69, 9.17) is 13.6 Å². The molecule has 1 N–H and O–H groups in total. The van der Waals surface area contributed by atoms with Crippen LogP contribution >= 0.6 is 7.82 Å². The van der Waals surface area contributed by atoms with E-state index in [1.54, 1.807) is 30.3 Å². The Bertz CT molecular complexity index is 1330. The van der Waals surface area contributed by atoms with Gasteiger partial charge >= 0.3 is 7.82 Å². The lowest BCUT2D eigenvalue weighted by atomic mass is 10.00. The van der Waals surface area contributed by atoms with Crippen molar-refractivity contribution in [1.29, 1.82) is 0 Å². The minimum Gasteiger partial charge on any atom is -0.507 e. The van der Waals surface area contributed by atoms with E-state index in [0.717, 1.165) is 23.1 Å². The van der Waals surface area contributed by atoms with Crippen molar-refractivity contribution in [2.45, 2.75) is 40.5 Å². The molecule has 0 amide bonds. The monoisotopic (exact) mass is 476 g/mol. The summed E-state index contributed by atoms with van der Waals surface area (Å²) in [7, 11) is -4.20. The standard InChI is InChI=1S/C28H29O5P/c1-5-21-15-16-23-24(17-21)25(29)18-22(6-2)28(23)33-34(30,31-26-13-9-7-11-19(26)3)32-27-14-10-8-12-20(27)4/h7-18,29H,5-6H2,1-4H3. The quantitative estimate of drug-likeness (QED) is 0.262. The van der Waals surface area contributed by atoms with Crippen molar-refractivity contribution < 1.29 is 23.2 Å². The van der Waals surface area contributed by atoms with Gasteiger partial charge in [0, 0.05) is 10.8 Å². The zero-order chi connectivity index (χ0) is 24.3. The largest absolute Gasteiger partial charge is 0.647 e. The van der Waals surface area contributed by atoms with Gasteiger partial charge in [-0.15, -0.1) is 0 Å². The van der Waals surface area contributed by atoms with E-state index in [1.807, 2.05) is 63.2 Å². The minimum atomic E-state index is -4.20. The first-order chi connectivity index (χ1) is 16.3. The van der Waals surface area contributed by atoms with Crippen molar-refractivity contribution in [3.05, 3.63) is 95.1 Å². The maximum Gasteiger partial charge on any atom is 0.647 e. The van der Waals surface area contributed by atoms with Crippen LogP contribution in [-0.4, -0.2) is 5.11 Å². The average Bonchev–Trinajstić information content (AvgIpc) is 2.83. The summed E-state index contributed by atoms with van der Waals surface area (Å²) in [5.41, 5.74) is 3.39. The molecule has 0 saturated heterocycles. The fourth-order valence-corrected chi connectivity index (χ4v) is 5.24. The summed E-state index contributed by atoms with van der Waals surface area (Å²) in [6.45, 7) is 7.74.